The molecular formula is C18H24N2O2S. The third-order valence-corrected chi connectivity index (χ3v) is 4.57. The van der Waals surface area contributed by atoms with Gasteiger partial charge in [-0.25, -0.2) is 0 Å². The van der Waals surface area contributed by atoms with Crippen LogP contribution in [0.25, 0.3) is 10.6 Å². The van der Waals surface area contributed by atoms with Crippen molar-refractivity contribution in [3.05, 3.63) is 40.9 Å². The van der Waals surface area contributed by atoms with E-state index in [2.05, 4.69) is 10.3 Å². The molecule has 2 N–H and O–H groups in total. The average Bonchev–Trinajstić information content (AvgIpc) is 2.97. The Morgan fingerprint density at radius 2 is 2.13 bits per heavy atom. The molecule has 124 valence electrons. The molecule has 0 fully saturated rings. The SMILES string of the molecule is Cc1nc(-c2cccs2)ccc1C(=O)NCC(C)(C)CC(C)O. The normalized spacial score (nSPS) is 12.9. The van der Waals surface area contributed by atoms with E-state index in [0.717, 1.165) is 16.3 Å². The molecule has 1 amide bonds. The minimum Gasteiger partial charge on any atom is -0.393 e. The molecule has 2 aromatic heterocycles. The van der Waals surface area contributed by atoms with E-state index < -0.39 is 0 Å². The first-order valence-corrected chi connectivity index (χ1v) is 8.64. The van der Waals surface area contributed by atoms with Crippen molar-refractivity contribution in [3.63, 3.8) is 0 Å². The lowest BCUT2D eigenvalue weighted by molar-refractivity contribution is 0.0901. The van der Waals surface area contributed by atoms with Crippen molar-refractivity contribution in [2.24, 2.45) is 5.41 Å². The molecule has 23 heavy (non-hydrogen) atoms. The van der Waals surface area contributed by atoms with Gasteiger partial charge in [0.2, 0.25) is 0 Å². The molecule has 0 bridgehead atoms. The first kappa shape index (κ1) is 17.6. The number of rotatable bonds is 6. The zero-order valence-electron chi connectivity index (χ0n) is 14.1. The van der Waals surface area contributed by atoms with Gasteiger partial charge in [-0.15, -0.1) is 11.3 Å². The van der Waals surface area contributed by atoms with Gasteiger partial charge in [-0.3, -0.25) is 9.78 Å². The molecule has 1 unspecified atom stereocenters. The highest BCUT2D eigenvalue weighted by molar-refractivity contribution is 7.13. The van der Waals surface area contributed by atoms with Crippen LogP contribution in [-0.2, 0) is 0 Å². The molecule has 0 aliphatic carbocycles. The van der Waals surface area contributed by atoms with Crippen LogP contribution in [-0.4, -0.2) is 28.6 Å². The van der Waals surface area contributed by atoms with E-state index in [-0.39, 0.29) is 17.4 Å². The van der Waals surface area contributed by atoms with Crippen LogP contribution in [0.2, 0.25) is 0 Å². The Morgan fingerprint density at radius 3 is 2.70 bits per heavy atom. The molecule has 2 aromatic rings. The molecule has 2 heterocycles. The predicted octanol–water partition coefficient (Wildman–Crippen LogP) is 3.65. The Morgan fingerprint density at radius 1 is 1.39 bits per heavy atom. The van der Waals surface area contributed by atoms with Crippen molar-refractivity contribution in [2.45, 2.75) is 40.2 Å². The number of aliphatic hydroxyl groups excluding tert-OH is 1. The van der Waals surface area contributed by atoms with Gasteiger partial charge in [0.05, 0.1) is 27.9 Å². The molecule has 5 heteroatoms. The molecule has 0 saturated carbocycles. The van der Waals surface area contributed by atoms with Gasteiger partial charge < -0.3 is 10.4 Å². The molecule has 0 aliphatic rings. The number of aryl methyl sites for hydroxylation is 1. The Kier molecular flexibility index (Phi) is 5.55. The van der Waals surface area contributed by atoms with Gasteiger partial charge in [0, 0.05) is 6.54 Å². The molecule has 0 radical (unpaired) electrons. The fourth-order valence-corrected chi connectivity index (χ4v) is 3.34. The molecule has 4 nitrogen and oxygen atoms in total. The molecule has 0 spiro atoms. The van der Waals surface area contributed by atoms with Crippen LogP contribution in [0.3, 0.4) is 0 Å². The number of nitrogens with zero attached hydrogens (tertiary/aromatic N) is 1. The lowest BCUT2D eigenvalue weighted by Gasteiger charge is -2.26. The number of pyridine rings is 1. The summed E-state index contributed by atoms with van der Waals surface area (Å²) in [4.78, 5) is 18.0. The Bertz CT molecular complexity index is 664. The number of hydrogen-bond acceptors (Lipinski definition) is 4. The second kappa shape index (κ2) is 7.23. The summed E-state index contributed by atoms with van der Waals surface area (Å²) < 4.78 is 0. The van der Waals surface area contributed by atoms with E-state index in [1.165, 1.54) is 0 Å². The number of amides is 1. The maximum atomic E-state index is 12.4. The summed E-state index contributed by atoms with van der Waals surface area (Å²) in [6, 6.07) is 7.72. The zero-order chi connectivity index (χ0) is 17.0. The summed E-state index contributed by atoms with van der Waals surface area (Å²) in [5.74, 6) is -0.119. The number of carbonyl (C=O) groups is 1. The number of hydrogen-bond donors (Lipinski definition) is 2. The molecular weight excluding hydrogens is 308 g/mol. The maximum Gasteiger partial charge on any atom is 0.253 e. The molecule has 0 aromatic carbocycles. The third kappa shape index (κ3) is 4.88. The van der Waals surface area contributed by atoms with Gasteiger partial charge in [-0.05, 0) is 49.3 Å². The standard InChI is InChI=1S/C18H24N2O2S/c1-12(21)10-18(3,4)11-19-17(22)14-7-8-15(20-13(14)2)16-6-5-9-23-16/h5-9,12,21H,10-11H2,1-4H3,(H,19,22). The van der Waals surface area contributed by atoms with Gasteiger partial charge in [-0.2, -0.15) is 0 Å². The lowest BCUT2D eigenvalue weighted by Crippen LogP contribution is -2.36. The summed E-state index contributed by atoms with van der Waals surface area (Å²) in [5, 5.41) is 14.5. The second-order valence-electron chi connectivity index (χ2n) is 6.71. The number of aromatic nitrogens is 1. The van der Waals surface area contributed by atoms with Crippen molar-refractivity contribution in [1.82, 2.24) is 10.3 Å². The zero-order valence-corrected chi connectivity index (χ0v) is 14.9. The highest BCUT2D eigenvalue weighted by atomic mass is 32.1. The van der Waals surface area contributed by atoms with E-state index >= 15 is 0 Å². The van der Waals surface area contributed by atoms with Gasteiger partial charge in [-0.1, -0.05) is 19.9 Å². The van der Waals surface area contributed by atoms with Crippen LogP contribution in [0, 0.1) is 12.3 Å². The van der Waals surface area contributed by atoms with Crippen molar-refractivity contribution in [1.29, 1.82) is 0 Å². The van der Waals surface area contributed by atoms with E-state index in [1.54, 1.807) is 18.3 Å². The highest BCUT2D eigenvalue weighted by Gasteiger charge is 2.22. The van der Waals surface area contributed by atoms with E-state index in [1.807, 2.05) is 50.4 Å². The van der Waals surface area contributed by atoms with Crippen LogP contribution in [0.1, 0.15) is 43.2 Å². The topological polar surface area (TPSA) is 62.2 Å². The van der Waals surface area contributed by atoms with E-state index in [4.69, 9.17) is 0 Å². The summed E-state index contributed by atoms with van der Waals surface area (Å²) >= 11 is 1.63. The van der Waals surface area contributed by atoms with Crippen molar-refractivity contribution in [2.75, 3.05) is 6.54 Å². The van der Waals surface area contributed by atoms with E-state index in [9.17, 15) is 9.90 Å². The smallest absolute Gasteiger partial charge is 0.253 e. The van der Waals surface area contributed by atoms with Gasteiger partial charge in [0.1, 0.15) is 0 Å². The Labute approximate surface area is 141 Å². The number of carbonyl (C=O) groups excluding carboxylic acids is 1. The Hall–Kier alpha value is -1.72. The van der Waals surface area contributed by atoms with Crippen molar-refractivity contribution >= 4 is 17.2 Å². The molecule has 1 atom stereocenters. The van der Waals surface area contributed by atoms with E-state index in [0.29, 0.717) is 18.5 Å². The lowest BCUT2D eigenvalue weighted by atomic mass is 9.87. The van der Waals surface area contributed by atoms with Gasteiger partial charge in [0.15, 0.2) is 0 Å². The van der Waals surface area contributed by atoms with Crippen LogP contribution >= 0.6 is 11.3 Å². The number of thiophene rings is 1. The minimum atomic E-state index is -0.379. The first-order chi connectivity index (χ1) is 10.8. The van der Waals surface area contributed by atoms with Crippen LogP contribution in [0.4, 0.5) is 0 Å². The van der Waals surface area contributed by atoms with Crippen molar-refractivity contribution in [3.8, 4) is 10.6 Å². The van der Waals surface area contributed by atoms with Crippen LogP contribution < -0.4 is 5.32 Å². The van der Waals surface area contributed by atoms with Gasteiger partial charge >= 0.3 is 0 Å². The van der Waals surface area contributed by atoms with Crippen LogP contribution in [0.5, 0.6) is 0 Å². The van der Waals surface area contributed by atoms with Crippen LogP contribution in [0.15, 0.2) is 29.6 Å². The average molecular weight is 332 g/mol. The molecule has 2 rings (SSSR count). The summed E-state index contributed by atoms with van der Waals surface area (Å²) in [5.41, 5.74) is 2.06. The fourth-order valence-electron chi connectivity index (χ4n) is 2.65. The quantitative estimate of drug-likeness (QED) is 0.849. The Balaban J connectivity index is 2.05. The number of aliphatic hydroxyl groups is 1. The molecule has 0 aliphatic heterocycles. The summed E-state index contributed by atoms with van der Waals surface area (Å²) in [7, 11) is 0. The fraction of sp³-hybridized carbons (Fsp3) is 0.444. The number of nitrogens with one attached hydrogen (secondary N) is 1. The van der Waals surface area contributed by atoms with Crippen molar-refractivity contribution < 1.29 is 9.90 Å². The predicted molar refractivity (Wildman–Crippen MR) is 94.7 cm³/mol. The summed E-state index contributed by atoms with van der Waals surface area (Å²) in [6.07, 6.45) is 0.261. The summed E-state index contributed by atoms with van der Waals surface area (Å²) in [6.45, 7) is 8.20. The molecule has 0 saturated heterocycles. The minimum absolute atomic E-state index is 0.119. The third-order valence-electron chi connectivity index (χ3n) is 3.68. The largest absolute Gasteiger partial charge is 0.393 e. The highest BCUT2D eigenvalue weighted by Crippen LogP contribution is 2.24. The first-order valence-electron chi connectivity index (χ1n) is 7.76. The van der Waals surface area contributed by atoms with Gasteiger partial charge in [0.25, 0.3) is 5.91 Å². The maximum absolute atomic E-state index is 12.4. The second-order valence-corrected chi connectivity index (χ2v) is 7.65. The monoisotopic (exact) mass is 332 g/mol.